The van der Waals surface area contributed by atoms with Crippen LogP contribution < -0.4 is 9.47 Å². The van der Waals surface area contributed by atoms with E-state index in [-0.39, 0.29) is 23.0 Å². The lowest BCUT2D eigenvalue weighted by Crippen LogP contribution is -2.27. The van der Waals surface area contributed by atoms with E-state index in [2.05, 4.69) is 0 Å². The number of sulfonamides is 1. The van der Waals surface area contributed by atoms with Crippen molar-refractivity contribution in [1.29, 1.82) is 0 Å². The molecule has 1 aliphatic rings. The van der Waals surface area contributed by atoms with Crippen molar-refractivity contribution in [1.82, 2.24) is 4.31 Å². The molecule has 1 fully saturated rings. The maximum atomic E-state index is 12.7. The van der Waals surface area contributed by atoms with E-state index < -0.39 is 20.6 Å². The lowest BCUT2D eigenvalue weighted by Gasteiger charge is -2.16. The molecule has 0 spiro atoms. The number of Topliss-reactive ketones (excluding diaryl/α,β-unsaturated/α-hetero) is 1. The molecular weight excluding hydrogens is 412 g/mol. The van der Waals surface area contributed by atoms with Gasteiger partial charge in [-0.3, -0.25) is 14.9 Å². The zero-order valence-electron chi connectivity index (χ0n) is 16.7. The summed E-state index contributed by atoms with van der Waals surface area (Å²) in [5, 5.41) is 11.5. The fourth-order valence-corrected chi connectivity index (χ4v) is 4.80. The highest BCUT2D eigenvalue weighted by Gasteiger charge is 2.30. The number of hydrogen-bond donors (Lipinski definition) is 0. The van der Waals surface area contributed by atoms with Gasteiger partial charge in [-0.05, 0) is 50.1 Å². The number of benzene rings is 2. The van der Waals surface area contributed by atoms with Crippen molar-refractivity contribution in [2.45, 2.75) is 31.3 Å². The molecule has 0 saturated carbocycles. The quantitative estimate of drug-likeness (QED) is 0.356. The Morgan fingerprint density at radius 2 is 1.80 bits per heavy atom. The van der Waals surface area contributed by atoms with Crippen LogP contribution in [0.5, 0.6) is 11.5 Å². The third-order valence-corrected chi connectivity index (χ3v) is 6.79. The number of hydrogen-bond acceptors (Lipinski definition) is 7. The fourth-order valence-electron chi connectivity index (χ4n) is 3.27. The number of nitro benzene ring substituents is 1. The molecule has 30 heavy (non-hydrogen) atoms. The Balaban J connectivity index is 1.89. The molecule has 9 nitrogen and oxygen atoms in total. The number of ketones is 1. The average Bonchev–Trinajstić information content (AvgIpc) is 3.27. The molecule has 0 unspecified atom stereocenters. The van der Waals surface area contributed by atoms with Crippen LogP contribution in [-0.4, -0.2) is 43.6 Å². The second kappa shape index (κ2) is 8.80. The van der Waals surface area contributed by atoms with E-state index in [9.17, 15) is 23.3 Å². The second-order valence-corrected chi connectivity index (χ2v) is 8.81. The first-order valence-corrected chi connectivity index (χ1v) is 10.8. The van der Waals surface area contributed by atoms with E-state index in [4.69, 9.17) is 9.47 Å². The first-order chi connectivity index (χ1) is 14.2. The van der Waals surface area contributed by atoms with Gasteiger partial charge in [-0.25, -0.2) is 8.42 Å². The number of carbonyl (C=O) groups is 1. The summed E-state index contributed by atoms with van der Waals surface area (Å²) in [5.41, 5.74) is 0.543. The zero-order valence-corrected chi connectivity index (χ0v) is 17.5. The molecule has 0 N–H and O–H groups in total. The summed E-state index contributed by atoms with van der Waals surface area (Å²) in [7, 11) is -2.32. The molecule has 2 aromatic carbocycles. The summed E-state index contributed by atoms with van der Waals surface area (Å²) in [6.45, 7) is 2.14. The highest BCUT2D eigenvalue weighted by atomic mass is 32.2. The molecule has 2 aromatic rings. The number of carbonyl (C=O) groups excluding carboxylic acids is 1. The smallest absolute Gasteiger partial charge is 0.312 e. The number of nitro groups is 1. The van der Waals surface area contributed by atoms with Gasteiger partial charge in [0, 0.05) is 30.3 Å². The van der Waals surface area contributed by atoms with E-state index in [1.165, 1.54) is 30.5 Å². The minimum absolute atomic E-state index is 0.0735. The number of rotatable bonds is 8. The van der Waals surface area contributed by atoms with Gasteiger partial charge in [-0.2, -0.15) is 4.31 Å². The van der Waals surface area contributed by atoms with Crippen molar-refractivity contribution in [3.05, 3.63) is 57.6 Å². The highest BCUT2D eigenvalue weighted by molar-refractivity contribution is 7.89. The van der Waals surface area contributed by atoms with Crippen LogP contribution in [0.3, 0.4) is 0 Å². The fraction of sp³-hybridized carbons (Fsp3) is 0.350. The molecular formula is C20H22N2O7S. The monoisotopic (exact) mass is 434 g/mol. The summed E-state index contributed by atoms with van der Waals surface area (Å²) < 4.78 is 37.6. The summed E-state index contributed by atoms with van der Waals surface area (Å²) in [6.07, 6.45) is 1.54. The van der Waals surface area contributed by atoms with Crippen molar-refractivity contribution in [3.63, 3.8) is 0 Å². The molecule has 160 valence electrons. The topological polar surface area (TPSA) is 116 Å². The third kappa shape index (κ3) is 4.44. The van der Waals surface area contributed by atoms with Gasteiger partial charge in [0.25, 0.3) is 0 Å². The molecule has 0 bridgehead atoms. The minimum Gasteiger partial charge on any atom is -0.496 e. The minimum atomic E-state index is -3.79. The van der Waals surface area contributed by atoms with Gasteiger partial charge in [0.15, 0.2) is 11.5 Å². The Morgan fingerprint density at radius 3 is 2.40 bits per heavy atom. The van der Waals surface area contributed by atoms with E-state index in [1.54, 1.807) is 18.2 Å². The standard InChI is InChI=1S/C20H22N2O7S/c1-14(23)15-5-7-19(28-2)16(11-15)13-29-20-8-6-17(12-18(20)22(24)25)30(26,27)21-9-3-4-10-21/h5-8,11-12H,3-4,9-10,13H2,1-2H3. The van der Waals surface area contributed by atoms with Crippen LogP contribution in [0.1, 0.15) is 35.7 Å². The lowest BCUT2D eigenvalue weighted by molar-refractivity contribution is -0.386. The third-order valence-electron chi connectivity index (χ3n) is 4.90. The predicted octanol–water partition coefficient (Wildman–Crippen LogP) is 3.17. The Hall–Kier alpha value is -2.98. The summed E-state index contributed by atoms with van der Waals surface area (Å²) >= 11 is 0. The molecule has 0 aromatic heterocycles. The molecule has 0 amide bonds. The Bertz CT molecular complexity index is 1080. The van der Waals surface area contributed by atoms with E-state index in [0.29, 0.717) is 30.0 Å². The highest BCUT2D eigenvalue weighted by Crippen LogP contribution is 2.33. The molecule has 1 aliphatic heterocycles. The van der Waals surface area contributed by atoms with Crippen LogP contribution in [-0.2, 0) is 16.6 Å². The van der Waals surface area contributed by atoms with Gasteiger partial charge in [0.05, 0.1) is 16.9 Å². The van der Waals surface area contributed by atoms with Gasteiger partial charge >= 0.3 is 5.69 Å². The molecule has 0 aliphatic carbocycles. The molecule has 10 heteroatoms. The van der Waals surface area contributed by atoms with Gasteiger partial charge in [0.1, 0.15) is 12.4 Å². The Labute approximate surface area is 174 Å². The van der Waals surface area contributed by atoms with Gasteiger partial charge in [0.2, 0.25) is 10.0 Å². The van der Waals surface area contributed by atoms with Crippen molar-refractivity contribution >= 4 is 21.5 Å². The van der Waals surface area contributed by atoms with E-state index >= 15 is 0 Å². The molecule has 0 radical (unpaired) electrons. The number of methoxy groups -OCH3 is 1. The van der Waals surface area contributed by atoms with Crippen molar-refractivity contribution in [2.24, 2.45) is 0 Å². The van der Waals surface area contributed by atoms with Gasteiger partial charge in [-0.1, -0.05) is 0 Å². The van der Waals surface area contributed by atoms with Crippen LogP contribution >= 0.6 is 0 Å². The second-order valence-electron chi connectivity index (χ2n) is 6.87. The zero-order chi connectivity index (χ0) is 21.9. The van der Waals surface area contributed by atoms with Crippen LogP contribution in [0.15, 0.2) is 41.3 Å². The number of ether oxygens (including phenoxy) is 2. The summed E-state index contributed by atoms with van der Waals surface area (Å²) in [4.78, 5) is 22.4. The Kier molecular flexibility index (Phi) is 6.37. The van der Waals surface area contributed by atoms with Crippen LogP contribution in [0.4, 0.5) is 5.69 Å². The van der Waals surface area contributed by atoms with E-state index in [0.717, 1.165) is 18.9 Å². The Morgan fingerprint density at radius 1 is 1.13 bits per heavy atom. The first-order valence-electron chi connectivity index (χ1n) is 9.33. The maximum Gasteiger partial charge on any atom is 0.312 e. The SMILES string of the molecule is COc1ccc(C(C)=O)cc1COc1ccc(S(=O)(=O)N2CCCC2)cc1[N+](=O)[O-]. The van der Waals surface area contributed by atoms with Crippen LogP contribution in [0.25, 0.3) is 0 Å². The summed E-state index contributed by atoms with van der Waals surface area (Å²) in [6, 6.07) is 8.44. The van der Waals surface area contributed by atoms with Gasteiger partial charge in [-0.15, -0.1) is 0 Å². The molecule has 0 atom stereocenters. The van der Waals surface area contributed by atoms with Gasteiger partial charge < -0.3 is 9.47 Å². The largest absolute Gasteiger partial charge is 0.496 e. The number of nitrogens with zero attached hydrogens (tertiary/aromatic N) is 2. The lowest BCUT2D eigenvalue weighted by atomic mass is 10.1. The summed E-state index contributed by atoms with van der Waals surface area (Å²) in [5.74, 6) is 0.257. The van der Waals surface area contributed by atoms with Crippen molar-refractivity contribution < 1.29 is 27.6 Å². The first kappa shape index (κ1) is 21.7. The maximum absolute atomic E-state index is 12.7. The van der Waals surface area contributed by atoms with Crippen LogP contribution in [0.2, 0.25) is 0 Å². The van der Waals surface area contributed by atoms with Crippen molar-refractivity contribution in [3.8, 4) is 11.5 Å². The predicted molar refractivity (Wildman–Crippen MR) is 108 cm³/mol. The average molecular weight is 434 g/mol. The normalized spacial score (nSPS) is 14.5. The molecule has 1 saturated heterocycles. The molecule has 1 heterocycles. The van der Waals surface area contributed by atoms with Crippen molar-refractivity contribution in [2.75, 3.05) is 20.2 Å². The molecule has 3 rings (SSSR count). The van der Waals surface area contributed by atoms with E-state index in [1.807, 2.05) is 0 Å². The van der Waals surface area contributed by atoms with Crippen LogP contribution in [0, 0.1) is 10.1 Å².